The fourth-order valence-corrected chi connectivity index (χ4v) is 2.25. The number of amides is 2. The third-order valence-electron chi connectivity index (χ3n) is 3.20. The minimum atomic E-state index is -0.731. The number of rotatable bonds is 2. The molecule has 1 unspecified atom stereocenters. The van der Waals surface area contributed by atoms with Gasteiger partial charge in [-0.1, -0.05) is 11.6 Å². The van der Waals surface area contributed by atoms with Crippen LogP contribution in [-0.2, 0) is 9.53 Å². The van der Waals surface area contributed by atoms with Gasteiger partial charge >= 0.3 is 6.09 Å². The van der Waals surface area contributed by atoms with Crippen LogP contribution in [0.1, 0.15) is 31.1 Å². The van der Waals surface area contributed by atoms with Crippen LogP contribution >= 0.6 is 11.6 Å². The molecule has 0 saturated carbocycles. The molecule has 1 saturated heterocycles. The van der Waals surface area contributed by atoms with E-state index >= 15 is 0 Å². The number of nitrogens with one attached hydrogen (secondary N) is 1. The second kappa shape index (κ2) is 6.58. The smallest absolute Gasteiger partial charge is 0.410 e. The van der Waals surface area contributed by atoms with Crippen LogP contribution in [0.5, 0.6) is 0 Å². The van der Waals surface area contributed by atoms with Crippen LogP contribution < -0.4 is 5.32 Å². The average Bonchev–Trinajstić information content (AvgIpc) is 2.79. The first-order chi connectivity index (χ1) is 10.7. The maximum atomic E-state index is 12.1. The van der Waals surface area contributed by atoms with Gasteiger partial charge in [0.1, 0.15) is 11.6 Å². The van der Waals surface area contributed by atoms with E-state index in [-0.39, 0.29) is 24.8 Å². The Morgan fingerprint density at radius 1 is 1.26 bits per heavy atom. The second-order valence-corrected chi connectivity index (χ2v) is 6.80. The number of carbonyl (C=O) groups is 3. The summed E-state index contributed by atoms with van der Waals surface area (Å²) in [5.41, 5.74) is -0.233. The van der Waals surface area contributed by atoms with Gasteiger partial charge in [0.25, 0.3) is 5.91 Å². The minimum Gasteiger partial charge on any atom is -0.444 e. The first kappa shape index (κ1) is 17.3. The number of hydrogen-bond donors (Lipinski definition) is 1. The van der Waals surface area contributed by atoms with Crippen molar-refractivity contribution < 1.29 is 19.1 Å². The third kappa shape index (κ3) is 4.69. The van der Waals surface area contributed by atoms with Gasteiger partial charge in [0, 0.05) is 10.6 Å². The molecule has 0 bridgehead atoms. The Hall–Kier alpha value is -2.08. The van der Waals surface area contributed by atoms with Gasteiger partial charge in [0.2, 0.25) is 0 Å². The highest BCUT2D eigenvalue weighted by atomic mass is 35.5. The molecule has 1 aromatic carbocycles. The van der Waals surface area contributed by atoms with Crippen molar-refractivity contribution in [2.75, 3.05) is 13.1 Å². The molecular weight excluding hydrogens is 320 g/mol. The van der Waals surface area contributed by atoms with E-state index in [0.717, 1.165) is 0 Å². The van der Waals surface area contributed by atoms with Crippen molar-refractivity contribution in [3.63, 3.8) is 0 Å². The van der Waals surface area contributed by atoms with Gasteiger partial charge in [0.15, 0.2) is 5.78 Å². The Labute approximate surface area is 139 Å². The lowest BCUT2D eigenvalue weighted by molar-refractivity contribution is -0.118. The van der Waals surface area contributed by atoms with Crippen molar-refractivity contribution in [2.24, 2.45) is 0 Å². The number of ether oxygens (including phenoxy) is 1. The highest BCUT2D eigenvalue weighted by molar-refractivity contribution is 6.30. The number of halogens is 1. The van der Waals surface area contributed by atoms with E-state index in [1.807, 2.05) is 0 Å². The van der Waals surface area contributed by atoms with Crippen molar-refractivity contribution in [1.82, 2.24) is 10.2 Å². The van der Waals surface area contributed by atoms with Crippen LogP contribution in [0, 0.1) is 0 Å². The van der Waals surface area contributed by atoms with Gasteiger partial charge in [-0.3, -0.25) is 14.5 Å². The molecule has 0 radical (unpaired) electrons. The normalized spacial score (nSPS) is 18.0. The molecule has 1 aromatic rings. The maximum absolute atomic E-state index is 12.1. The summed E-state index contributed by atoms with van der Waals surface area (Å²) < 4.78 is 5.23. The SMILES string of the molecule is CC(C)(C)OC(=O)N1CC(=O)C(NC(=O)c2ccc(Cl)cc2)C1. The second-order valence-electron chi connectivity index (χ2n) is 6.36. The summed E-state index contributed by atoms with van der Waals surface area (Å²) in [6.45, 7) is 5.29. The fourth-order valence-electron chi connectivity index (χ4n) is 2.12. The zero-order chi connectivity index (χ0) is 17.2. The molecule has 7 heteroatoms. The number of Topliss-reactive ketones (excluding diaryl/α,β-unsaturated/α-hetero) is 1. The van der Waals surface area contributed by atoms with Gasteiger partial charge in [0.05, 0.1) is 13.1 Å². The third-order valence-corrected chi connectivity index (χ3v) is 3.45. The predicted molar refractivity (Wildman–Crippen MR) is 85.5 cm³/mol. The number of carbonyl (C=O) groups excluding carboxylic acids is 3. The van der Waals surface area contributed by atoms with E-state index in [0.29, 0.717) is 10.6 Å². The lowest BCUT2D eigenvalue weighted by Crippen LogP contribution is -2.41. The Morgan fingerprint density at radius 2 is 1.87 bits per heavy atom. The van der Waals surface area contributed by atoms with E-state index in [9.17, 15) is 14.4 Å². The van der Waals surface area contributed by atoms with Crippen molar-refractivity contribution in [3.05, 3.63) is 34.9 Å². The van der Waals surface area contributed by atoms with Crippen LogP contribution in [0.3, 0.4) is 0 Å². The monoisotopic (exact) mass is 338 g/mol. The standard InChI is InChI=1S/C16H19ClN2O4/c1-16(2,3)23-15(22)19-8-12(13(20)9-19)18-14(21)10-4-6-11(17)7-5-10/h4-7,12H,8-9H2,1-3H3,(H,18,21). The van der Waals surface area contributed by atoms with Crippen molar-refractivity contribution in [2.45, 2.75) is 32.4 Å². The number of ketones is 1. The topological polar surface area (TPSA) is 75.7 Å². The fraction of sp³-hybridized carbons (Fsp3) is 0.438. The highest BCUT2D eigenvalue weighted by Crippen LogP contribution is 2.15. The zero-order valence-electron chi connectivity index (χ0n) is 13.3. The summed E-state index contributed by atoms with van der Waals surface area (Å²) in [5, 5.41) is 3.15. The molecule has 1 aliphatic heterocycles. The molecule has 1 fully saturated rings. The Morgan fingerprint density at radius 3 is 2.43 bits per heavy atom. The number of nitrogens with zero attached hydrogens (tertiary/aromatic N) is 1. The lowest BCUT2D eigenvalue weighted by Gasteiger charge is -2.24. The highest BCUT2D eigenvalue weighted by Gasteiger charge is 2.36. The summed E-state index contributed by atoms with van der Waals surface area (Å²) >= 11 is 5.77. The molecule has 6 nitrogen and oxygen atoms in total. The van der Waals surface area contributed by atoms with Crippen molar-refractivity contribution in [1.29, 1.82) is 0 Å². The molecule has 1 N–H and O–H groups in total. The molecular formula is C16H19ClN2O4. The zero-order valence-corrected chi connectivity index (χ0v) is 14.0. The van der Waals surface area contributed by atoms with E-state index < -0.39 is 17.7 Å². The largest absolute Gasteiger partial charge is 0.444 e. The summed E-state index contributed by atoms with van der Waals surface area (Å²) in [4.78, 5) is 37.4. The first-order valence-corrected chi connectivity index (χ1v) is 7.60. The molecule has 1 atom stereocenters. The number of benzene rings is 1. The minimum absolute atomic E-state index is 0.0690. The summed E-state index contributed by atoms with van der Waals surface area (Å²) in [5.74, 6) is -0.607. The molecule has 0 aromatic heterocycles. The summed E-state index contributed by atoms with van der Waals surface area (Å²) in [6.07, 6.45) is -0.561. The van der Waals surface area contributed by atoms with E-state index in [2.05, 4.69) is 5.32 Å². The van der Waals surface area contributed by atoms with Gasteiger partial charge in [-0.15, -0.1) is 0 Å². The number of likely N-dealkylation sites (tertiary alicyclic amines) is 1. The van der Waals surface area contributed by atoms with E-state index in [1.165, 1.54) is 4.90 Å². The first-order valence-electron chi connectivity index (χ1n) is 7.23. The van der Waals surface area contributed by atoms with E-state index in [1.54, 1.807) is 45.0 Å². The Bertz CT molecular complexity index is 622. The predicted octanol–water partition coefficient (Wildman–Crippen LogP) is 2.26. The average molecular weight is 339 g/mol. The van der Waals surface area contributed by atoms with Gasteiger partial charge in [-0.05, 0) is 45.0 Å². The van der Waals surface area contributed by atoms with Crippen molar-refractivity contribution >= 4 is 29.4 Å². The van der Waals surface area contributed by atoms with Crippen LogP contribution in [0.4, 0.5) is 4.79 Å². The molecule has 2 rings (SSSR count). The van der Waals surface area contributed by atoms with Gasteiger partial charge < -0.3 is 10.1 Å². The quantitative estimate of drug-likeness (QED) is 0.897. The molecule has 124 valence electrons. The molecule has 1 heterocycles. The Kier molecular flexibility index (Phi) is 4.94. The van der Waals surface area contributed by atoms with Crippen LogP contribution in [0.2, 0.25) is 5.02 Å². The van der Waals surface area contributed by atoms with Gasteiger partial charge in [-0.25, -0.2) is 4.79 Å². The Balaban J connectivity index is 1.96. The summed E-state index contributed by atoms with van der Waals surface area (Å²) in [7, 11) is 0. The van der Waals surface area contributed by atoms with E-state index in [4.69, 9.17) is 16.3 Å². The van der Waals surface area contributed by atoms with Crippen LogP contribution in [0.25, 0.3) is 0 Å². The molecule has 0 spiro atoms. The summed E-state index contributed by atoms with van der Waals surface area (Å²) in [6, 6.07) is 5.61. The van der Waals surface area contributed by atoms with Gasteiger partial charge in [-0.2, -0.15) is 0 Å². The molecule has 1 aliphatic rings. The van der Waals surface area contributed by atoms with Crippen LogP contribution in [0.15, 0.2) is 24.3 Å². The maximum Gasteiger partial charge on any atom is 0.410 e. The lowest BCUT2D eigenvalue weighted by atomic mass is 10.2. The number of hydrogen-bond acceptors (Lipinski definition) is 4. The van der Waals surface area contributed by atoms with Crippen molar-refractivity contribution in [3.8, 4) is 0 Å². The molecule has 0 aliphatic carbocycles. The van der Waals surface area contributed by atoms with Crippen LogP contribution in [-0.4, -0.2) is 47.4 Å². The molecule has 23 heavy (non-hydrogen) atoms. The molecule has 2 amide bonds.